The van der Waals surface area contributed by atoms with Crippen LogP contribution in [0.4, 0.5) is 0 Å². The van der Waals surface area contributed by atoms with Gasteiger partial charge in [0.15, 0.2) is 0 Å². The zero-order chi connectivity index (χ0) is 25.3. The number of allylic oxidation sites excluding steroid dienone is 2. The number of nitrogens with two attached hydrogens (primary N) is 1. The van der Waals surface area contributed by atoms with Crippen LogP contribution in [0.25, 0.3) is 0 Å². The molecule has 9 heteroatoms. The van der Waals surface area contributed by atoms with E-state index in [1.807, 2.05) is 18.2 Å². The Hall–Kier alpha value is -1.33. The van der Waals surface area contributed by atoms with Crippen LogP contribution in [0.15, 0.2) is 24.3 Å². The smallest absolute Gasteiger partial charge is 0.303 e. The minimum Gasteiger partial charge on any atom is -0.481 e. The Morgan fingerprint density at radius 2 is 1.70 bits per heavy atom. The third kappa shape index (κ3) is 13.8. The quantitative estimate of drug-likeness (QED) is 0.125. The maximum atomic E-state index is 10.5. The van der Waals surface area contributed by atoms with Gasteiger partial charge in [-0.05, 0) is 31.6 Å². The average Bonchev–Trinajstić information content (AvgIpc) is 3.06. The summed E-state index contributed by atoms with van der Waals surface area (Å²) in [5, 5.41) is 64.0. The van der Waals surface area contributed by atoms with Crippen LogP contribution in [0.1, 0.15) is 64.7 Å². The first kappa shape index (κ1) is 31.7. The van der Waals surface area contributed by atoms with Crippen LogP contribution in [0.2, 0.25) is 0 Å². The number of rotatable bonds is 15. The Kier molecular flexibility index (Phi) is 17.3. The molecule has 1 saturated carbocycles. The van der Waals surface area contributed by atoms with Crippen LogP contribution < -0.4 is 5.73 Å². The fourth-order valence-electron chi connectivity index (χ4n) is 3.56. The molecule has 0 aliphatic heterocycles. The van der Waals surface area contributed by atoms with Gasteiger partial charge in [-0.3, -0.25) is 4.79 Å². The molecule has 0 aromatic heterocycles. The van der Waals surface area contributed by atoms with Gasteiger partial charge in [-0.15, -0.1) is 0 Å². The Balaban J connectivity index is 0.00000109. The second-order valence-corrected chi connectivity index (χ2v) is 8.89. The molecular weight excluding hydrogens is 430 g/mol. The first-order valence-electron chi connectivity index (χ1n) is 11.8. The van der Waals surface area contributed by atoms with Crippen molar-refractivity contribution in [2.45, 2.75) is 88.6 Å². The molecule has 9 N–H and O–H groups in total. The molecule has 0 spiro atoms. The number of carboxylic acid groups (broad SMARTS) is 1. The molecule has 0 unspecified atom stereocenters. The Morgan fingerprint density at radius 3 is 2.21 bits per heavy atom. The number of unbranched alkanes of at least 4 members (excludes halogenated alkanes) is 3. The van der Waals surface area contributed by atoms with E-state index in [0.717, 1.165) is 25.7 Å². The summed E-state index contributed by atoms with van der Waals surface area (Å²) in [6.45, 7) is 0.915. The summed E-state index contributed by atoms with van der Waals surface area (Å²) in [7, 11) is 0. The maximum Gasteiger partial charge on any atom is 0.303 e. The van der Waals surface area contributed by atoms with Gasteiger partial charge in [-0.1, -0.05) is 50.5 Å². The lowest BCUT2D eigenvalue weighted by atomic mass is 9.89. The van der Waals surface area contributed by atoms with E-state index in [4.69, 9.17) is 26.2 Å². The maximum absolute atomic E-state index is 10.5. The number of carbonyl (C=O) groups is 1. The summed E-state index contributed by atoms with van der Waals surface area (Å²) in [6, 6.07) is 0. The molecule has 1 aliphatic rings. The lowest BCUT2D eigenvalue weighted by Gasteiger charge is -2.20. The fourth-order valence-corrected chi connectivity index (χ4v) is 3.56. The molecule has 1 rings (SSSR count). The summed E-state index contributed by atoms with van der Waals surface area (Å²) < 4.78 is 0. The second-order valence-electron chi connectivity index (χ2n) is 8.89. The van der Waals surface area contributed by atoms with Gasteiger partial charge < -0.3 is 41.5 Å². The van der Waals surface area contributed by atoms with Crippen molar-refractivity contribution in [1.29, 1.82) is 0 Å². The first-order valence-corrected chi connectivity index (χ1v) is 11.8. The van der Waals surface area contributed by atoms with E-state index in [0.29, 0.717) is 25.7 Å². The van der Waals surface area contributed by atoms with Gasteiger partial charge in [0, 0.05) is 18.8 Å². The van der Waals surface area contributed by atoms with E-state index in [1.54, 1.807) is 6.08 Å². The highest BCUT2D eigenvalue weighted by molar-refractivity contribution is 5.66. The normalized spacial score (nSPS) is 24.2. The SMILES string of the molecule is CCCCC[C@H](O)C=C[C@@H]1[C@@H](C/C=C/CCCC(=O)O)[C@@H](O)C[C@H]1O.NC(CO)(CO)CO. The van der Waals surface area contributed by atoms with Gasteiger partial charge in [-0.2, -0.15) is 0 Å². The van der Waals surface area contributed by atoms with Crippen LogP contribution in [0, 0.1) is 11.8 Å². The number of aliphatic carboxylic acids is 1. The van der Waals surface area contributed by atoms with Gasteiger partial charge in [0.2, 0.25) is 0 Å². The van der Waals surface area contributed by atoms with E-state index in [-0.39, 0.29) is 18.3 Å². The molecule has 33 heavy (non-hydrogen) atoms. The average molecular weight is 476 g/mol. The molecule has 194 valence electrons. The van der Waals surface area contributed by atoms with Crippen LogP contribution in [-0.2, 0) is 4.79 Å². The molecule has 0 aromatic rings. The Bertz CT molecular complexity index is 556. The van der Waals surface area contributed by atoms with E-state index in [1.165, 1.54) is 0 Å². The monoisotopic (exact) mass is 475 g/mol. The van der Waals surface area contributed by atoms with E-state index < -0.39 is 49.6 Å². The largest absolute Gasteiger partial charge is 0.481 e. The molecule has 5 atom stereocenters. The Morgan fingerprint density at radius 1 is 1.06 bits per heavy atom. The lowest BCUT2D eigenvalue weighted by molar-refractivity contribution is -0.137. The molecule has 0 heterocycles. The van der Waals surface area contributed by atoms with Crippen molar-refractivity contribution < 1.29 is 40.5 Å². The van der Waals surface area contributed by atoms with E-state index >= 15 is 0 Å². The van der Waals surface area contributed by atoms with E-state index in [9.17, 15) is 20.1 Å². The van der Waals surface area contributed by atoms with Gasteiger partial charge in [0.1, 0.15) is 0 Å². The van der Waals surface area contributed by atoms with Crippen molar-refractivity contribution in [2.24, 2.45) is 17.6 Å². The summed E-state index contributed by atoms with van der Waals surface area (Å²) in [4.78, 5) is 10.5. The zero-order valence-corrected chi connectivity index (χ0v) is 19.8. The molecule has 1 aliphatic carbocycles. The molecule has 0 bridgehead atoms. The van der Waals surface area contributed by atoms with Crippen molar-refractivity contribution in [3.8, 4) is 0 Å². The fraction of sp³-hybridized carbons (Fsp3) is 0.792. The predicted octanol–water partition coefficient (Wildman–Crippen LogP) is 0.704. The van der Waals surface area contributed by atoms with Gasteiger partial charge in [0.05, 0.1) is 43.7 Å². The topological polar surface area (TPSA) is 185 Å². The highest BCUT2D eigenvalue weighted by Crippen LogP contribution is 2.36. The zero-order valence-electron chi connectivity index (χ0n) is 19.8. The summed E-state index contributed by atoms with van der Waals surface area (Å²) in [5.74, 6) is -1.00. The molecule has 9 nitrogen and oxygen atoms in total. The van der Waals surface area contributed by atoms with Crippen LogP contribution in [0.3, 0.4) is 0 Å². The molecule has 0 saturated heterocycles. The minimum atomic E-state index is -1.21. The summed E-state index contributed by atoms with van der Waals surface area (Å²) in [6.07, 6.45) is 12.3. The molecule has 0 amide bonds. The molecule has 1 fully saturated rings. The molecule has 0 aromatic carbocycles. The van der Waals surface area contributed by atoms with Crippen LogP contribution >= 0.6 is 0 Å². The molecule has 0 radical (unpaired) electrons. The third-order valence-electron chi connectivity index (χ3n) is 5.86. The van der Waals surface area contributed by atoms with Crippen molar-refractivity contribution in [1.82, 2.24) is 0 Å². The van der Waals surface area contributed by atoms with Crippen molar-refractivity contribution in [3.63, 3.8) is 0 Å². The van der Waals surface area contributed by atoms with Crippen molar-refractivity contribution >= 4 is 5.97 Å². The Labute approximate surface area is 197 Å². The third-order valence-corrected chi connectivity index (χ3v) is 5.86. The second kappa shape index (κ2) is 18.1. The van der Waals surface area contributed by atoms with Crippen LogP contribution in [-0.4, -0.2) is 85.4 Å². The highest BCUT2D eigenvalue weighted by Gasteiger charge is 2.39. The summed E-state index contributed by atoms with van der Waals surface area (Å²) in [5.41, 5.74) is 3.94. The predicted molar refractivity (Wildman–Crippen MR) is 126 cm³/mol. The lowest BCUT2D eigenvalue weighted by Crippen LogP contribution is -2.50. The van der Waals surface area contributed by atoms with Crippen molar-refractivity contribution in [3.05, 3.63) is 24.3 Å². The van der Waals surface area contributed by atoms with E-state index in [2.05, 4.69) is 6.92 Å². The standard InChI is InChI=1S/C20H34O5.C4H11NO3/c1-2-3-6-9-15(21)12-13-17-16(18(22)14-19(17)23)10-7-4-5-8-11-20(24)25;5-4(1-6,2-7)3-8/h4,7,12-13,15-19,21-23H,2-3,5-6,8-11,14H2,1H3,(H,24,25);6-8H,1-3,5H2/b7-4+,13-12?;/t15-,16+,17+,18-,19+;/m0./s1. The number of hydrogen-bond acceptors (Lipinski definition) is 8. The number of aliphatic hydroxyl groups is 6. The number of hydrogen-bond donors (Lipinski definition) is 8. The minimum absolute atomic E-state index is 0.0650. The van der Waals surface area contributed by atoms with Gasteiger partial charge >= 0.3 is 5.97 Å². The van der Waals surface area contributed by atoms with Crippen LogP contribution in [0.5, 0.6) is 0 Å². The van der Waals surface area contributed by atoms with Gasteiger partial charge in [0.25, 0.3) is 0 Å². The van der Waals surface area contributed by atoms with Crippen molar-refractivity contribution in [2.75, 3.05) is 19.8 Å². The highest BCUT2D eigenvalue weighted by atomic mass is 16.4. The number of aliphatic hydroxyl groups excluding tert-OH is 6. The first-order chi connectivity index (χ1) is 15.6. The number of carboxylic acids is 1. The summed E-state index contributed by atoms with van der Waals surface area (Å²) >= 11 is 0. The van der Waals surface area contributed by atoms with Gasteiger partial charge in [-0.25, -0.2) is 0 Å². The molecular formula is C24H45NO8.